The summed E-state index contributed by atoms with van der Waals surface area (Å²) in [5.41, 5.74) is 0. The van der Waals surface area contributed by atoms with Crippen LogP contribution in [0.25, 0.3) is 0 Å². The Morgan fingerprint density at radius 2 is 0.629 bits per heavy atom. The molecule has 7 aliphatic rings. The molecule has 4 amide bonds. The Labute approximate surface area is 505 Å². The van der Waals surface area contributed by atoms with E-state index >= 15 is 0 Å². The summed E-state index contributed by atoms with van der Waals surface area (Å²) < 4.78 is 76.0. The zero-order valence-electron chi connectivity index (χ0n) is 48.4. The molecule has 39 heteroatoms. The van der Waals surface area contributed by atoms with Crippen LogP contribution in [0.5, 0.6) is 0 Å². The van der Waals surface area contributed by atoms with Crippen molar-refractivity contribution in [2.75, 3.05) is 39.6 Å². The van der Waals surface area contributed by atoms with E-state index < -0.39 is 278 Å². The molecule has 89 heavy (non-hydrogen) atoms. The van der Waals surface area contributed by atoms with Crippen LogP contribution in [0.4, 0.5) is 0 Å². The Balaban J connectivity index is 1.22. The molecule has 7 saturated heterocycles. The number of nitrogens with one attached hydrogen (secondary N) is 4. The molecule has 0 aromatic rings. The minimum absolute atomic E-state index is 0.735. The average molecular weight is 1300 g/mol. The number of rotatable bonds is 22. The fraction of sp³-hybridized carbons (Fsp3) is 0.920. The zero-order valence-corrected chi connectivity index (χ0v) is 48.4. The van der Waals surface area contributed by atoms with Crippen LogP contribution in [0.3, 0.4) is 0 Å². The fourth-order valence-electron chi connectivity index (χ4n) is 11.3. The second-order valence-corrected chi connectivity index (χ2v) is 22.6. The number of hydrogen-bond donors (Lipinski definition) is 22. The van der Waals surface area contributed by atoms with E-state index in [2.05, 4.69) is 21.3 Å². The van der Waals surface area contributed by atoms with Gasteiger partial charge in [-0.1, -0.05) is 0 Å². The molecule has 0 aliphatic carbocycles. The van der Waals surface area contributed by atoms with E-state index in [1.165, 1.54) is 6.92 Å². The van der Waals surface area contributed by atoms with Gasteiger partial charge in [0.1, 0.15) is 165 Å². The van der Waals surface area contributed by atoms with E-state index in [1.807, 2.05) is 0 Å². The lowest BCUT2D eigenvalue weighted by molar-refractivity contribution is -0.386. The van der Waals surface area contributed by atoms with Gasteiger partial charge in [0.25, 0.3) is 0 Å². The first-order chi connectivity index (χ1) is 42.0. The Morgan fingerprint density at radius 1 is 0.315 bits per heavy atom. The molecular formula is C50H84N4O35. The predicted molar refractivity (Wildman–Crippen MR) is 277 cm³/mol. The predicted octanol–water partition coefficient (Wildman–Crippen LogP) is -14.7. The minimum Gasteiger partial charge on any atom is -0.394 e. The fourth-order valence-corrected chi connectivity index (χ4v) is 11.3. The molecule has 35 atom stereocenters. The highest BCUT2D eigenvalue weighted by Crippen LogP contribution is 2.37. The van der Waals surface area contributed by atoms with Gasteiger partial charge in [-0.25, -0.2) is 0 Å². The average Bonchev–Trinajstić information content (AvgIpc) is 0.855. The van der Waals surface area contributed by atoms with Crippen LogP contribution in [0.15, 0.2) is 0 Å². The van der Waals surface area contributed by atoms with Crippen LogP contribution >= 0.6 is 0 Å². The van der Waals surface area contributed by atoms with Gasteiger partial charge in [-0.2, -0.15) is 0 Å². The van der Waals surface area contributed by atoms with Gasteiger partial charge in [-0.05, 0) is 6.92 Å². The Bertz CT molecular complexity index is 2290. The molecule has 0 radical (unpaired) electrons. The summed E-state index contributed by atoms with van der Waals surface area (Å²) in [6.45, 7) is -0.315. The molecule has 7 fully saturated rings. The smallest absolute Gasteiger partial charge is 0.217 e. The summed E-state index contributed by atoms with van der Waals surface area (Å²) in [5.74, 6) is -3.24. The van der Waals surface area contributed by atoms with E-state index in [-0.39, 0.29) is 0 Å². The molecule has 7 aliphatic heterocycles. The minimum atomic E-state index is -2.41. The maximum atomic E-state index is 12.8. The van der Waals surface area contributed by atoms with Crippen molar-refractivity contribution in [3.05, 3.63) is 0 Å². The molecule has 7 rings (SSSR count). The van der Waals surface area contributed by atoms with Crippen LogP contribution < -0.4 is 21.3 Å². The highest BCUT2D eigenvalue weighted by Gasteiger charge is 2.58. The van der Waals surface area contributed by atoms with Crippen LogP contribution in [-0.2, 0) is 80.8 Å². The standard InChI is InChI=1S/C50H84N4O35/c1-12-27(63)36(72)37(73)48(79-12)87-41-26(54-16(5)62)46(82-19(8-57)30(41)66)78-11-22-33(69)43(89-49-38(74)42(31(67)20(9-58)84-49)88-47-24(52-14(3)60)35(71)29(65)18(7-56)83-47)39(75)50(85-22)86-40-25(53-15(4)61)44(76)80-21(32(40)68)10-77-45-23(51-13(2)59)34(70)28(64)17(6-55)81-45/h12,17-50,55-58,63-76H,6-11H2,1-5H3,(H,51,59)(H,52,60)(H,53,61)(H,54,62)/t12-,17+,18+,19+,20+,21+,22+,23+,24+,25+,26+,27+,28+,29-,30+,31-,32-,33-,34+,35+,36+,37-,38+,39+,40+,41+,42-,43-,44-,45+,46+,47-,48-,49-,50-/m0/s1. The Kier molecular flexibility index (Phi) is 26.0. The topological polar surface area (TPSA) is 601 Å². The molecule has 0 bridgehead atoms. The first-order valence-electron chi connectivity index (χ1n) is 28.4. The van der Waals surface area contributed by atoms with E-state index in [4.69, 9.17) is 61.6 Å². The summed E-state index contributed by atoms with van der Waals surface area (Å²) in [4.78, 5) is 49.9. The molecule has 0 aromatic carbocycles. The number of amides is 4. The van der Waals surface area contributed by atoms with Gasteiger partial charge in [-0.3, -0.25) is 19.2 Å². The van der Waals surface area contributed by atoms with Crippen molar-refractivity contribution in [1.29, 1.82) is 0 Å². The maximum Gasteiger partial charge on any atom is 0.217 e. The largest absolute Gasteiger partial charge is 0.394 e. The molecule has 7 heterocycles. The first-order valence-corrected chi connectivity index (χ1v) is 28.4. The van der Waals surface area contributed by atoms with Crippen molar-refractivity contribution < 1.29 is 173 Å². The van der Waals surface area contributed by atoms with Gasteiger partial charge in [-0.15, -0.1) is 0 Å². The number of carbonyl (C=O) groups excluding carboxylic acids is 4. The molecule has 0 aromatic heterocycles. The summed E-state index contributed by atoms with van der Waals surface area (Å²) >= 11 is 0. The third-order valence-electron chi connectivity index (χ3n) is 16.1. The van der Waals surface area contributed by atoms with Gasteiger partial charge in [0.15, 0.2) is 44.0 Å². The highest BCUT2D eigenvalue weighted by atomic mass is 16.8. The van der Waals surface area contributed by atoms with Gasteiger partial charge in [0.2, 0.25) is 23.6 Å². The van der Waals surface area contributed by atoms with E-state index in [1.54, 1.807) is 0 Å². The number of ether oxygens (including phenoxy) is 13. The van der Waals surface area contributed by atoms with Crippen molar-refractivity contribution >= 4 is 23.6 Å². The molecule has 0 spiro atoms. The molecule has 0 saturated carbocycles. The first kappa shape index (κ1) is 73.1. The Morgan fingerprint density at radius 3 is 1.10 bits per heavy atom. The molecule has 39 nitrogen and oxygen atoms in total. The third kappa shape index (κ3) is 16.6. The van der Waals surface area contributed by atoms with Crippen molar-refractivity contribution in [3.8, 4) is 0 Å². The van der Waals surface area contributed by atoms with Crippen LogP contribution in [0, 0.1) is 0 Å². The van der Waals surface area contributed by atoms with Crippen LogP contribution in [0.1, 0.15) is 34.6 Å². The monoisotopic (exact) mass is 1300 g/mol. The van der Waals surface area contributed by atoms with Gasteiger partial charge in [0.05, 0.1) is 45.7 Å². The molecule has 514 valence electrons. The second kappa shape index (κ2) is 31.7. The van der Waals surface area contributed by atoms with Crippen LogP contribution in [-0.4, -0.2) is 370 Å². The second-order valence-electron chi connectivity index (χ2n) is 22.6. The van der Waals surface area contributed by atoms with Gasteiger partial charge in [0, 0.05) is 27.7 Å². The molecular weight excluding hydrogens is 1220 g/mol. The van der Waals surface area contributed by atoms with Crippen molar-refractivity contribution in [2.24, 2.45) is 0 Å². The lowest BCUT2D eigenvalue weighted by Gasteiger charge is -2.50. The van der Waals surface area contributed by atoms with Gasteiger partial charge >= 0.3 is 0 Å². The zero-order chi connectivity index (χ0) is 65.8. The molecule has 0 unspecified atom stereocenters. The van der Waals surface area contributed by atoms with E-state index in [0.717, 1.165) is 27.7 Å². The van der Waals surface area contributed by atoms with E-state index in [9.17, 15) is 111 Å². The number of hydrogen-bond acceptors (Lipinski definition) is 35. The molecule has 22 N–H and O–H groups in total. The summed E-state index contributed by atoms with van der Waals surface area (Å²) in [6.07, 6.45) is -59.4. The van der Waals surface area contributed by atoms with Crippen molar-refractivity contribution in [3.63, 3.8) is 0 Å². The van der Waals surface area contributed by atoms with Crippen molar-refractivity contribution in [2.45, 2.75) is 249 Å². The number of aliphatic hydroxyl groups is 18. The summed E-state index contributed by atoms with van der Waals surface area (Å²) in [7, 11) is 0. The normalized spacial score (nSPS) is 48.0. The van der Waals surface area contributed by atoms with Gasteiger partial charge < -0.3 is 175 Å². The van der Waals surface area contributed by atoms with Crippen molar-refractivity contribution in [1.82, 2.24) is 21.3 Å². The van der Waals surface area contributed by atoms with Crippen LogP contribution in [0.2, 0.25) is 0 Å². The SMILES string of the molecule is CC(=O)N[C@@H]1[C@@H](O[C@@H]2O[C@H](CO[C@@H]3O[C@H](CO)[C@@H](O)[C@H](O[C@@H]4O[C@@H](C)[C@@H](O)[C@@H](O)[C@@H]4O)[C@H]3NC(C)=O)[C@H](O)[C@H](O[C@@H]3O[C@H](CO)[C@H](O)[C@H](O[C@@H]4O[C@H](CO)[C@H](O)[C@H](O)[C@H]4NC(C)=O)[C@H]3O)[C@H]2O)[C@@H](O)[C@@H](CO[C@@H]2O[C@H](CO)[C@@H](O)[C@H](O)[C@H]2NC(C)=O)O[C@@H]1O. The summed E-state index contributed by atoms with van der Waals surface area (Å²) in [6, 6.07) is -6.69. The number of aliphatic hydroxyl groups excluding tert-OH is 18. The third-order valence-corrected chi connectivity index (χ3v) is 16.1. The lowest BCUT2D eigenvalue weighted by Crippen LogP contribution is -2.70. The maximum absolute atomic E-state index is 12.8. The summed E-state index contributed by atoms with van der Waals surface area (Å²) in [5, 5.41) is 208. The lowest BCUT2D eigenvalue weighted by atomic mass is 9.94. The van der Waals surface area contributed by atoms with E-state index in [0.29, 0.717) is 0 Å². The Hall–Kier alpha value is -3.36. The highest BCUT2D eigenvalue weighted by molar-refractivity contribution is 5.74. The quantitative estimate of drug-likeness (QED) is 0.0479. The number of carbonyl (C=O) groups is 4.